The second-order valence-electron chi connectivity index (χ2n) is 12.4. The lowest BCUT2D eigenvalue weighted by atomic mass is 9.98. The molecule has 0 saturated heterocycles. The smallest absolute Gasteiger partial charge is 0.318 e. The third kappa shape index (κ3) is 4.96. The normalized spacial score (nSPS) is 17.5. The lowest BCUT2D eigenvalue weighted by Crippen LogP contribution is -2.38. The first-order valence-corrected chi connectivity index (χ1v) is 15.2. The Morgan fingerprint density at radius 2 is 1.83 bits per heavy atom. The molecule has 4 aromatic rings. The highest BCUT2D eigenvalue weighted by Crippen LogP contribution is 2.46. The summed E-state index contributed by atoms with van der Waals surface area (Å²) in [5.41, 5.74) is 6.62. The zero-order valence-corrected chi connectivity index (χ0v) is 24.9. The molecule has 0 unspecified atom stereocenters. The zero-order valence-electron chi connectivity index (χ0n) is 24.9. The molecule has 0 radical (unpaired) electrons. The Labute approximate surface area is 246 Å². The van der Waals surface area contributed by atoms with Gasteiger partial charge in [-0.2, -0.15) is 9.97 Å². The number of ether oxygens (including phenoxy) is 1. The van der Waals surface area contributed by atoms with E-state index in [-0.39, 0.29) is 12.0 Å². The van der Waals surface area contributed by atoms with Gasteiger partial charge in [-0.15, -0.1) is 5.10 Å². The van der Waals surface area contributed by atoms with Crippen molar-refractivity contribution in [3.05, 3.63) is 64.6 Å². The number of aromatic nitrogens is 5. The molecule has 0 atom stereocenters. The maximum absolute atomic E-state index is 9.85. The molecular weight excluding hydrogens is 528 g/mol. The highest BCUT2D eigenvalue weighted by molar-refractivity contribution is 5.97. The van der Waals surface area contributed by atoms with Crippen LogP contribution in [-0.2, 0) is 39.1 Å². The molecule has 42 heavy (non-hydrogen) atoms. The molecule has 10 nitrogen and oxygen atoms in total. The topological polar surface area (TPSA) is 95.7 Å². The highest BCUT2D eigenvalue weighted by Gasteiger charge is 2.44. The van der Waals surface area contributed by atoms with Crippen LogP contribution >= 0.6 is 0 Å². The monoisotopic (exact) mass is 568 g/mol. The summed E-state index contributed by atoms with van der Waals surface area (Å²) in [7, 11) is 4.24. The summed E-state index contributed by atoms with van der Waals surface area (Å²) in [6.07, 6.45) is 4.18. The highest BCUT2D eigenvalue weighted by atomic mass is 16.5. The van der Waals surface area contributed by atoms with Gasteiger partial charge in [0.05, 0.1) is 44.2 Å². The van der Waals surface area contributed by atoms with Gasteiger partial charge in [-0.1, -0.05) is 42.5 Å². The van der Waals surface area contributed by atoms with Crippen molar-refractivity contribution >= 4 is 22.3 Å². The number of benzene rings is 2. The van der Waals surface area contributed by atoms with Crippen LogP contribution in [0.2, 0.25) is 0 Å². The molecule has 1 saturated carbocycles. The Kier molecular flexibility index (Phi) is 6.98. The van der Waals surface area contributed by atoms with E-state index >= 15 is 0 Å². The molecule has 3 aliphatic rings. The maximum atomic E-state index is 9.85. The van der Waals surface area contributed by atoms with E-state index in [1.165, 1.54) is 40.4 Å². The maximum Gasteiger partial charge on any atom is 0.318 e. The fourth-order valence-electron chi connectivity index (χ4n) is 6.79. The van der Waals surface area contributed by atoms with E-state index < -0.39 is 0 Å². The van der Waals surface area contributed by atoms with Crippen molar-refractivity contribution in [1.82, 2.24) is 29.9 Å². The molecule has 220 valence electrons. The molecule has 10 heteroatoms. The number of anilines is 2. The number of fused-ring (bicyclic) bond motifs is 3. The minimum Gasteiger partial charge on any atom is -0.463 e. The van der Waals surface area contributed by atoms with Crippen molar-refractivity contribution in [2.45, 2.75) is 58.8 Å². The first kappa shape index (κ1) is 27.1. The van der Waals surface area contributed by atoms with Gasteiger partial charge in [-0.3, -0.25) is 0 Å². The molecule has 0 spiro atoms. The van der Waals surface area contributed by atoms with Gasteiger partial charge in [0, 0.05) is 41.7 Å². The predicted octanol–water partition coefficient (Wildman–Crippen LogP) is 3.58. The van der Waals surface area contributed by atoms with Gasteiger partial charge in [0.2, 0.25) is 0 Å². The molecule has 1 fully saturated rings. The minimum atomic E-state index is -0.118. The summed E-state index contributed by atoms with van der Waals surface area (Å²) in [4.78, 5) is 17.1. The number of rotatable bonds is 9. The van der Waals surface area contributed by atoms with E-state index in [9.17, 15) is 5.11 Å². The van der Waals surface area contributed by atoms with Crippen molar-refractivity contribution < 1.29 is 9.84 Å². The molecular formula is C32H40N8O2. The van der Waals surface area contributed by atoms with Gasteiger partial charge in [-0.05, 0) is 56.8 Å². The van der Waals surface area contributed by atoms with E-state index in [4.69, 9.17) is 14.7 Å². The van der Waals surface area contributed by atoms with Crippen LogP contribution in [0.15, 0.2) is 36.4 Å². The van der Waals surface area contributed by atoms with E-state index in [0.29, 0.717) is 37.9 Å². The Bertz CT molecular complexity index is 1590. The summed E-state index contributed by atoms with van der Waals surface area (Å²) in [5, 5.41) is 20.9. The van der Waals surface area contributed by atoms with E-state index in [1.807, 2.05) is 4.68 Å². The predicted molar refractivity (Wildman–Crippen MR) is 163 cm³/mol. The van der Waals surface area contributed by atoms with Crippen molar-refractivity contribution in [3.8, 4) is 6.01 Å². The molecule has 2 aromatic carbocycles. The number of hydrogen-bond donors (Lipinski definition) is 1. The standard InChI is InChI=1S/C32H40N8O2/c1-4-22-7-5-8-23-9-6-10-27(29(22)23)38-14-11-24-25(17-38)33-31(42-21-32(12-13-32)20-37(2)3)34-30(24)39-15-16-40-28(18-39)26(19-41)35-36-40/h5-10,41H,4,11-21H2,1-3H3. The van der Waals surface area contributed by atoms with Gasteiger partial charge in [0.1, 0.15) is 11.5 Å². The lowest BCUT2D eigenvalue weighted by molar-refractivity contribution is 0.182. The van der Waals surface area contributed by atoms with Gasteiger partial charge in [0.15, 0.2) is 0 Å². The van der Waals surface area contributed by atoms with Gasteiger partial charge in [0.25, 0.3) is 0 Å². The van der Waals surface area contributed by atoms with Crippen LogP contribution in [0, 0.1) is 5.41 Å². The average molecular weight is 569 g/mol. The van der Waals surface area contributed by atoms with Gasteiger partial charge >= 0.3 is 6.01 Å². The summed E-state index contributed by atoms with van der Waals surface area (Å²) in [6.45, 7) is 7.40. The van der Waals surface area contributed by atoms with Crippen LogP contribution in [0.4, 0.5) is 11.5 Å². The summed E-state index contributed by atoms with van der Waals surface area (Å²) in [6, 6.07) is 13.7. The first-order valence-electron chi connectivity index (χ1n) is 15.2. The van der Waals surface area contributed by atoms with Crippen molar-refractivity contribution in [2.24, 2.45) is 5.41 Å². The van der Waals surface area contributed by atoms with E-state index in [0.717, 1.165) is 49.7 Å². The molecule has 4 heterocycles. The number of aliphatic hydroxyl groups excluding tert-OH is 1. The van der Waals surface area contributed by atoms with Crippen LogP contribution in [0.5, 0.6) is 6.01 Å². The molecule has 7 rings (SSSR count). The van der Waals surface area contributed by atoms with Crippen LogP contribution < -0.4 is 14.5 Å². The van der Waals surface area contributed by atoms with Crippen LogP contribution in [0.1, 0.15) is 48.0 Å². The third-order valence-corrected chi connectivity index (χ3v) is 9.12. The Balaban J connectivity index is 1.24. The fourth-order valence-corrected chi connectivity index (χ4v) is 6.79. The third-order valence-electron chi connectivity index (χ3n) is 9.12. The van der Waals surface area contributed by atoms with Crippen molar-refractivity contribution in [2.75, 3.05) is 50.1 Å². The summed E-state index contributed by atoms with van der Waals surface area (Å²) < 4.78 is 8.32. The molecule has 1 N–H and O–H groups in total. The van der Waals surface area contributed by atoms with E-state index in [1.54, 1.807) is 0 Å². The first-order chi connectivity index (χ1) is 20.5. The number of hydrogen-bond acceptors (Lipinski definition) is 9. The average Bonchev–Trinajstić information content (AvgIpc) is 3.64. The molecule has 2 aliphatic heterocycles. The second kappa shape index (κ2) is 10.8. The fraction of sp³-hybridized carbons (Fsp3) is 0.500. The molecule has 1 aliphatic carbocycles. The van der Waals surface area contributed by atoms with Gasteiger partial charge < -0.3 is 24.5 Å². The number of aliphatic hydroxyl groups is 1. The minimum absolute atomic E-state index is 0.118. The van der Waals surface area contributed by atoms with Crippen molar-refractivity contribution in [1.29, 1.82) is 0 Å². The Morgan fingerprint density at radius 1 is 1.00 bits per heavy atom. The van der Waals surface area contributed by atoms with Crippen LogP contribution in [0.3, 0.4) is 0 Å². The zero-order chi connectivity index (χ0) is 28.8. The van der Waals surface area contributed by atoms with Gasteiger partial charge in [-0.25, -0.2) is 4.68 Å². The lowest BCUT2D eigenvalue weighted by Gasteiger charge is -2.35. The Hall–Kier alpha value is -3.76. The number of nitrogens with zero attached hydrogens (tertiary/aromatic N) is 8. The number of aryl methyl sites for hydroxylation is 1. The largest absolute Gasteiger partial charge is 0.463 e. The quantitative estimate of drug-likeness (QED) is 0.325. The summed E-state index contributed by atoms with van der Waals surface area (Å²) in [5.74, 6) is 0.940. The molecule has 0 amide bonds. The van der Waals surface area contributed by atoms with Crippen molar-refractivity contribution in [3.63, 3.8) is 0 Å². The SMILES string of the molecule is CCc1cccc2cccc(N3CCc4c(nc(OCC5(CN(C)C)CC5)nc4N4CCn5nnc(CO)c5C4)C3)c12. The van der Waals surface area contributed by atoms with Crippen LogP contribution in [0.25, 0.3) is 10.8 Å². The second-order valence-corrected chi connectivity index (χ2v) is 12.4. The van der Waals surface area contributed by atoms with Crippen LogP contribution in [-0.4, -0.2) is 75.3 Å². The Morgan fingerprint density at radius 3 is 2.60 bits per heavy atom. The van der Waals surface area contributed by atoms with E-state index in [2.05, 4.69) is 82.4 Å². The molecule has 0 bridgehead atoms. The summed E-state index contributed by atoms with van der Waals surface area (Å²) >= 11 is 0. The molecule has 2 aromatic heterocycles.